The molecule has 0 aromatic heterocycles. The number of nitrogens with two attached hydrogens (primary N) is 1. The SMILES string of the molecule is CCCOC1CCCN(C(=O)C(C)C(C)N)CC1. The molecule has 0 bridgehead atoms. The van der Waals surface area contributed by atoms with Gasteiger partial charge in [0.1, 0.15) is 0 Å². The maximum Gasteiger partial charge on any atom is 0.226 e. The summed E-state index contributed by atoms with van der Waals surface area (Å²) >= 11 is 0. The third-order valence-corrected chi connectivity index (χ3v) is 3.72. The molecule has 0 aliphatic carbocycles. The molecule has 4 heteroatoms. The maximum absolute atomic E-state index is 12.2. The van der Waals surface area contributed by atoms with Crippen LogP contribution >= 0.6 is 0 Å². The Bertz CT molecular complexity index is 256. The van der Waals surface area contributed by atoms with Gasteiger partial charge in [0.15, 0.2) is 0 Å². The van der Waals surface area contributed by atoms with Crippen molar-refractivity contribution in [1.29, 1.82) is 0 Å². The van der Waals surface area contributed by atoms with Crippen LogP contribution in [0.3, 0.4) is 0 Å². The van der Waals surface area contributed by atoms with Crippen molar-refractivity contribution in [3.8, 4) is 0 Å². The lowest BCUT2D eigenvalue weighted by Gasteiger charge is -2.26. The number of hydrogen-bond acceptors (Lipinski definition) is 3. The van der Waals surface area contributed by atoms with E-state index in [0.29, 0.717) is 6.10 Å². The zero-order chi connectivity index (χ0) is 13.5. The summed E-state index contributed by atoms with van der Waals surface area (Å²) in [6, 6.07) is -0.0760. The van der Waals surface area contributed by atoms with Gasteiger partial charge in [0.05, 0.1) is 12.0 Å². The first-order valence-electron chi connectivity index (χ1n) is 7.22. The average Bonchev–Trinajstić information content (AvgIpc) is 2.59. The van der Waals surface area contributed by atoms with Crippen LogP contribution < -0.4 is 5.73 Å². The molecule has 0 aromatic carbocycles. The van der Waals surface area contributed by atoms with Crippen molar-refractivity contribution < 1.29 is 9.53 Å². The van der Waals surface area contributed by atoms with Crippen molar-refractivity contribution in [2.24, 2.45) is 11.7 Å². The summed E-state index contributed by atoms with van der Waals surface area (Å²) in [6.07, 6.45) is 4.44. The van der Waals surface area contributed by atoms with Gasteiger partial charge in [-0.1, -0.05) is 13.8 Å². The minimum absolute atomic E-state index is 0.0760. The molecular formula is C14H28N2O2. The smallest absolute Gasteiger partial charge is 0.226 e. The Hall–Kier alpha value is -0.610. The van der Waals surface area contributed by atoms with E-state index in [1.807, 2.05) is 18.7 Å². The number of hydrogen-bond donors (Lipinski definition) is 1. The molecule has 3 unspecified atom stereocenters. The Morgan fingerprint density at radius 2 is 2.11 bits per heavy atom. The Morgan fingerprint density at radius 1 is 1.39 bits per heavy atom. The van der Waals surface area contributed by atoms with Crippen LogP contribution in [-0.2, 0) is 9.53 Å². The van der Waals surface area contributed by atoms with Crippen LogP contribution in [0.2, 0.25) is 0 Å². The molecule has 0 radical (unpaired) electrons. The minimum Gasteiger partial charge on any atom is -0.378 e. The summed E-state index contributed by atoms with van der Waals surface area (Å²) in [6.45, 7) is 8.42. The van der Waals surface area contributed by atoms with Crippen LogP contribution in [0.1, 0.15) is 46.5 Å². The van der Waals surface area contributed by atoms with E-state index in [1.54, 1.807) is 0 Å². The number of likely N-dealkylation sites (tertiary alicyclic amines) is 1. The molecule has 3 atom stereocenters. The lowest BCUT2D eigenvalue weighted by atomic mass is 10.0. The third-order valence-electron chi connectivity index (χ3n) is 3.72. The average molecular weight is 256 g/mol. The summed E-state index contributed by atoms with van der Waals surface area (Å²) in [7, 11) is 0. The Labute approximate surface area is 111 Å². The van der Waals surface area contributed by atoms with Gasteiger partial charge in [0, 0.05) is 25.7 Å². The van der Waals surface area contributed by atoms with Gasteiger partial charge in [-0.3, -0.25) is 4.79 Å². The van der Waals surface area contributed by atoms with Gasteiger partial charge in [0.2, 0.25) is 5.91 Å². The van der Waals surface area contributed by atoms with E-state index in [2.05, 4.69) is 6.92 Å². The number of amides is 1. The lowest BCUT2D eigenvalue weighted by Crippen LogP contribution is -2.42. The maximum atomic E-state index is 12.2. The van der Waals surface area contributed by atoms with Crippen molar-refractivity contribution in [3.05, 3.63) is 0 Å². The Kier molecular flexibility index (Phi) is 6.65. The van der Waals surface area contributed by atoms with Crippen molar-refractivity contribution in [1.82, 2.24) is 4.90 Å². The predicted molar refractivity (Wildman–Crippen MR) is 73.3 cm³/mol. The van der Waals surface area contributed by atoms with E-state index in [-0.39, 0.29) is 17.9 Å². The van der Waals surface area contributed by atoms with E-state index in [9.17, 15) is 4.79 Å². The molecule has 1 aliphatic rings. The fourth-order valence-corrected chi connectivity index (χ4v) is 2.25. The zero-order valence-corrected chi connectivity index (χ0v) is 12.0. The van der Waals surface area contributed by atoms with E-state index < -0.39 is 0 Å². The summed E-state index contributed by atoms with van der Waals surface area (Å²) in [5, 5.41) is 0. The second-order valence-electron chi connectivity index (χ2n) is 5.40. The van der Waals surface area contributed by atoms with Gasteiger partial charge in [0.25, 0.3) is 0 Å². The van der Waals surface area contributed by atoms with Crippen molar-refractivity contribution in [2.45, 2.75) is 58.6 Å². The number of nitrogens with zero attached hydrogens (tertiary/aromatic N) is 1. The largest absolute Gasteiger partial charge is 0.378 e. The van der Waals surface area contributed by atoms with Crippen molar-refractivity contribution >= 4 is 5.91 Å². The summed E-state index contributed by atoms with van der Waals surface area (Å²) < 4.78 is 5.79. The minimum atomic E-state index is -0.0851. The van der Waals surface area contributed by atoms with Crippen molar-refractivity contribution in [3.63, 3.8) is 0 Å². The first-order valence-corrected chi connectivity index (χ1v) is 7.22. The highest BCUT2D eigenvalue weighted by atomic mass is 16.5. The van der Waals surface area contributed by atoms with Gasteiger partial charge in [-0.25, -0.2) is 0 Å². The predicted octanol–water partition coefficient (Wildman–Crippen LogP) is 1.78. The lowest BCUT2D eigenvalue weighted by molar-refractivity contribution is -0.135. The molecule has 18 heavy (non-hydrogen) atoms. The van der Waals surface area contributed by atoms with Gasteiger partial charge in [-0.15, -0.1) is 0 Å². The molecule has 4 nitrogen and oxygen atoms in total. The van der Waals surface area contributed by atoms with Crippen LogP contribution in [0.25, 0.3) is 0 Å². The normalized spacial score (nSPS) is 24.4. The molecule has 1 fully saturated rings. The van der Waals surface area contributed by atoms with Gasteiger partial charge in [-0.05, 0) is 32.6 Å². The molecule has 0 spiro atoms. The van der Waals surface area contributed by atoms with E-state index >= 15 is 0 Å². The third kappa shape index (κ3) is 4.58. The summed E-state index contributed by atoms with van der Waals surface area (Å²) in [5.41, 5.74) is 5.80. The monoisotopic (exact) mass is 256 g/mol. The van der Waals surface area contributed by atoms with E-state index in [4.69, 9.17) is 10.5 Å². The van der Waals surface area contributed by atoms with Crippen LogP contribution in [0.5, 0.6) is 0 Å². The van der Waals surface area contributed by atoms with Gasteiger partial charge in [-0.2, -0.15) is 0 Å². The van der Waals surface area contributed by atoms with Crippen LogP contribution in [0.15, 0.2) is 0 Å². The highest BCUT2D eigenvalue weighted by Crippen LogP contribution is 2.17. The van der Waals surface area contributed by atoms with E-state index in [0.717, 1.165) is 45.4 Å². The number of ether oxygens (including phenoxy) is 1. The second-order valence-corrected chi connectivity index (χ2v) is 5.40. The molecule has 1 heterocycles. The molecule has 1 rings (SSSR count). The molecule has 1 saturated heterocycles. The van der Waals surface area contributed by atoms with Gasteiger partial charge >= 0.3 is 0 Å². The highest BCUT2D eigenvalue weighted by Gasteiger charge is 2.26. The standard InChI is InChI=1S/C14H28N2O2/c1-4-10-18-13-6-5-8-16(9-7-13)14(17)11(2)12(3)15/h11-13H,4-10,15H2,1-3H3. The first kappa shape index (κ1) is 15.4. The van der Waals surface area contributed by atoms with Crippen molar-refractivity contribution in [2.75, 3.05) is 19.7 Å². The number of carbonyl (C=O) groups is 1. The first-order chi connectivity index (χ1) is 8.56. The molecule has 106 valence electrons. The quantitative estimate of drug-likeness (QED) is 0.815. The van der Waals surface area contributed by atoms with Crippen LogP contribution in [0, 0.1) is 5.92 Å². The fraction of sp³-hybridized carbons (Fsp3) is 0.929. The number of carbonyl (C=O) groups excluding carboxylic acids is 1. The second kappa shape index (κ2) is 7.74. The summed E-state index contributed by atoms with van der Waals surface area (Å²) in [4.78, 5) is 14.2. The van der Waals surface area contributed by atoms with Gasteiger partial charge < -0.3 is 15.4 Å². The molecule has 2 N–H and O–H groups in total. The zero-order valence-electron chi connectivity index (χ0n) is 12.0. The van der Waals surface area contributed by atoms with Crippen LogP contribution in [-0.4, -0.2) is 42.6 Å². The fourth-order valence-electron chi connectivity index (χ4n) is 2.25. The Balaban J connectivity index is 2.43. The highest BCUT2D eigenvalue weighted by molar-refractivity contribution is 5.79. The molecule has 0 aromatic rings. The van der Waals surface area contributed by atoms with E-state index in [1.165, 1.54) is 0 Å². The topological polar surface area (TPSA) is 55.6 Å². The molecule has 1 amide bonds. The molecule has 0 saturated carbocycles. The number of rotatable bonds is 5. The Morgan fingerprint density at radius 3 is 2.72 bits per heavy atom. The molecule has 1 aliphatic heterocycles. The molecular weight excluding hydrogens is 228 g/mol. The van der Waals surface area contributed by atoms with Crippen LogP contribution in [0.4, 0.5) is 0 Å². The summed E-state index contributed by atoms with van der Waals surface area (Å²) in [5.74, 6) is 0.110.